The van der Waals surface area contributed by atoms with Crippen molar-refractivity contribution in [3.8, 4) is 5.75 Å². The zero-order valence-electron chi connectivity index (χ0n) is 19.1. The van der Waals surface area contributed by atoms with Gasteiger partial charge in [0.25, 0.3) is 5.91 Å². The number of hydrogen-bond donors (Lipinski definition) is 2. The SMILES string of the molecule is CCNC(=NCc1cccc(OCC(=O)N(C)C)c1)NCCN1CCCCC1CC. The van der Waals surface area contributed by atoms with Crippen molar-refractivity contribution in [3.63, 3.8) is 0 Å². The number of aliphatic imine (C=N–C) groups is 1. The molecule has 1 atom stereocenters. The van der Waals surface area contributed by atoms with Crippen LogP contribution in [0.15, 0.2) is 29.3 Å². The van der Waals surface area contributed by atoms with Gasteiger partial charge in [-0.05, 0) is 50.4 Å². The molecule has 0 bridgehead atoms. The van der Waals surface area contributed by atoms with Crippen molar-refractivity contribution in [2.75, 3.05) is 46.9 Å². The Bertz CT molecular complexity index is 677. The molecule has 0 radical (unpaired) electrons. The Morgan fingerprint density at radius 3 is 2.83 bits per heavy atom. The van der Waals surface area contributed by atoms with Gasteiger partial charge in [-0.1, -0.05) is 25.5 Å². The Morgan fingerprint density at radius 2 is 2.10 bits per heavy atom. The normalized spacial score (nSPS) is 17.5. The first kappa shape index (κ1) is 24.0. The van der Waals surface area contributed by atoms with Crippen LogP contribution < -0.4 is 15.4 Å². The van der Waals surface area contributed by atoms with E-state index in [1.54, 1.807) is 14.1 Å². The number of ether oxygens (including phenoxy) is 1. The van der Waals surface area contributed by atoms with Gasteiger partial charge in [0.15, 0.2) is 12.6 Å². The first-order valence-corrected chi connectivity index (χ1v) is 11.2. The number of hydrogen-bond acceptors (Lipinski definition) is 4. The van der Waals surface area contributed by atoms with E-state index >= 15 is 0 Å². The van der Waals surface area contributed by atoms with Gasteiger partial charge < -0.3 is 20.3 Å². The van der Waals surface area contributed by atoms with Gasteiger partial charge >= 0.3 is 0 Å². The van der Waals surface area contributed by atoms with Gasteiger partial charge in [-0.2, -0.15) is 0 Å². The lowest BCUT2D eigenvalue weighted by molar-refractivity contribution is -0.130. The Morgan fingerprint density at radius 1 is 1.27 bits per heavy atom. The minimum Gasteiger partial charge on any atom is -0.484 e. The van der Waals surface area contributed by atoms with Crippen molar-refractivity contribution in [3.05, 3.63) is 29.8 Å². The maximum Gasteiger partial charge on any atom is 0.259 e. The molecule has 2 rings (SSSR count). The lowest BCUT2D eigenvalue weighted by Crippen LogP contribution is -2.45. The summed E-state index contributed by atoms with van der Waals surface area (Å²) in [7, 11) is 3.44. The molecule has 1 aromatic rings. The summed E-state index contributed by atoms with van der Waals surface area (Å²) >= 11 is 0. The Hall–Kier alpha value is -2.28. The van der Waals surface area contributed by atoms with Crippen LogP contribution in [0.25, 0.3) is 0 Å². The Balaban J connectivity index is 1.86. The van der Waals surface area contributed by atoms with Crippen molar-refractivity contribution in [2.24, 2.45) is 4.99 Å². The van der Waals surface area contributed by atoms with Gasteiger partial charge in [0.05, 0.1) is 6.54 Å². The van der Waals surface area contributed by atoms with E-state index in [2.05, 4.69) is 29.4 Å². The average Bonchev–Trinajstić information content (AvgIpc) is 2.76. The fraction of sp³-hybridized carbons (Fsp3) is 0.652. The minimum absolute atomic E-state index is 0.0408. The molecule has 1 heterocycles. The van der Waals surface area contributed by atoms with Crippen molar-refractivity contribution in [1.29, 1.82) is 0 Å². The molecule has 1 saturated heterocycles. The number of guanidine groups is 1. The van der Waals surface area contributed by atoms with E-state index in [0.717, 1.165) is 37.2 Å². The number of benzene rings is 1. The number of piperidine rings is 1. The number of likely N-dealkylation sites (N-methyl/N-ethyl adjacent to an activating group) is 1. The number of amides is 1. The molecule has 1 aromatic carbocycles. The van der Waals surface area contributed by atoms with E-state index in [0.29, 0.717) is 12.3 Å². The Kier molecular flexibility index (Phi) is 10.5. The van der Waals surface area contributed by atoms with Gasteiger partial charge in [-0.25, -0.2) is 4.99 Å². The highest BCUT2D eigenvalue weighted by molar-refractivity contribution is 5.79. The highest BCUT2D eigenvalue weighted by atomic mass is 16.5. The summed E-state index contributed by atoms with van der Waals surface area (Å²) in [5.41, 5.74) is 1.05. The van der Waals surface area contributed by atoms with Gasteiger partial charge in [0, 0.05) is 39.8 Å². The fourth-order valence-corrected chi connectivity index (χ4v) is 3.65. The van der Waals surface area contributed by atoms with Crippen LogP contribution in [-0.2, 0) is 11.3 Å². The average molecular weight is 418 g/mol. The van der Waals surface area contributed by atoms with E-state index in [-0.39, 0.29) is 12.5 Å². The first-order chi connectivity index (χ1) is 14.5. The van der Waals surface area contributed by atoms with Crippen LogP contribution in [0.3, 0.4) is 0 Å². The largest absolute Gasteiger partial charge is 0.484 e. The van der Waals surface area contributed by atoms with Gasteiger partial charge in [-0.3, -0.25) is 9.69 Å². The monoisotopic (exact) mass is 417 g/mol. The maximum atomic E-state index is 11.7. The van der Waals surface area contributed by atoms with Crippen LogP contribution in [0, 0.1) is 0 Å². The molecule has 30 heavy (non-hydrogen) atoms. The van der Waals surface area contributed by atoms with Crippen molar-refractivity contribution < 1.29 is 9.53 Å². The molecule has 0 saturated carbocycles. The molecule has 0 spiro atoms. The molecule has 0 aromatic heterocycles. The van der Waals surface area contributed by atoms with E-state index in [1.165, 1.54) is 37.1 Å². The Labute approximate surface area is 181 Å². The summed E-state index contributed by atoms with van der Waals surface area (Å²) in [6.07, 6.45) is 5.22. The van der Waals surface area contributed by atoms with E-state index in [1.807, 2.05) is 24.3 Å². The van der Waals surface area contributed by atoms with Gasteiger partial charge in [-0.15, -0.1) is 0 Å². The maximum absolute atomic E-state index is 11.7. The summed E-state index contributed by atoms with van der Waals surface area (Å²) in [5.74, 6) is 1.46. The molecule has 1 aliphatic rings. The third kappa shape index (κ3) is 8.22. The highest BCUT2D eigenvalue weighted by Gasteiger charge is 2.19. The second-order valence-electron chi connectivity index (χ2n) is 7.94. The van der Waals surface area contributed by atoms with Crippen LogP contribution in [0.2, 0.25) is 0 Å². The molecule has 0 aliphatic carbocycles. The fourth-order valence-electron chi connectivity index (χ4n) is 3.65. The van der Waals surface area contributed by atoms with Crippen LogP contribution >= 0.6 is 0 Å². The minimum atomic E-state index is -0.0592. The van der Waals surface area contributed by atoms with Crippen LogP contribution in [0.4, 0.5) is 0 Å². The second-order valence-corrected chi connectivity index (χ2v) is 7.94. The zero-order chi connectivity index (χ0) is 21.8. The summed E-state index contributed by atoms with van der Waals surface area (Å²) in [6, 6.07) is 8.48. The van der Waals surface area contributed by atoms with Crippen molar-refractivity contribution in [2.45, 2.75) is 52.1 Å². The number of nitrogens with zero attached hydrogens (tertiary/aromatic N) is 3. The molecule has 1 fully saturated rings. The molecule has 168 valence electrons. The van der Waals surface area contributed by atoms with Crippen LogP contribution in [0.5, 0.6) is 5.75 Å². The molecular formula is C23H39N5O2. The summed E-state index contributed by atoms with van der Waals surface area (Å²) < 4.78 is 5.60. The van der Waals surface area contributed by atoms with Crippen LogP contribution in [0.1, 0.15) is 45.1 Å². The number of likely N-dealkylation sites (tertiary alicyclic amines) is 1. The van der Waals surface area contributed by atoms with E-state index in [4.69, 9.17) is 9.73 Å². The van der Waals surface area contributed by atoms with E-state index < -0.39 is 0 Å². The second kappa shape index (κ2) is 13.1. The molecular weight excluding hydrogens is 378 g/mol. The summed E-state index contributed by atoms with van der Waals surface area (Å²) in [6.45, 7) is 8.92. The summed E-state index contributed by atoms with van der Waals surface area (Å²) in [4.78, 5) is 20.5. The molecule has 7 heteroatoms. The van der Waals surface area contributed by atoms with E-state index in [9.17, 15) is 4.79 Å². The first-order valence-electron chi connectivity index (χ1n) is 11.2. The number of rotatable bonds is 10. The van der Waals surface area contributed by atoms with Gasteiger partial charge in [0.2, 0.25) is 0 Å². The number of nitrogens with one attached hydrogen (secondary N) is 2. The standard InChI is InChI=1S/C23H39N5O2/c1-5-20-11-7-8-14-28(20)15-13-25-23(24-6-2)26-17-19-10-9-12-21(16-19)30-18-22(29)27(3)4/h9-10,12,16,20H,5-8,11,13-15,17-18H2,1-4H3,(H2,24,25,26). The third-order valence-corrected chi connectivity index (χ3v) is 5.44. The highest BCUT2D eigenvalue weighted by Crippen LogP contribution is 2.18. The number of carbonyl (C=O) groups is 1. The third-order valence-electron chi connectivity index (χ3n) is 5.44. The predicted molar refractivity (Wildman–Crippen MR) is 123 cm³/mol. The quantitative estimate of drug-likeness (QED) is 0.452. The molecule has 1 amide bonds. The van der Waals surface area contributed by atoms with Crippen molar-refractivity contribution >= 4 is 11.9 Å². The molecule has 2 N–H and O–H groups in total. The predicted octanol–water partition coefficient (Wildman–Crippen LogP) is 2.47. The number of carbonyl (C=O) groups excluding carboxylic acids is 1. The van der Waals surface area contributed by atoms with Crippen molar-refractivity contribution in [1.82, 2.24) is 20.4 Å². The lowest BCUT2D eigenvalue weighted by atomic mass is 10.0. The molecule has 7 nitrogen and oxygen atoms in total. The zero-order valence-corrected chi connectivity index (χ0v) is 19.1. The lowest BCUT2D eigenvalue weighted by Gasteiger charge is -2.35. The topological polar surface area (TPSA) is 69.2 Å². The van der Waals surface area contributed by atoms with Crippen LogP contribution in [-0.4, -0.2) is 74.6 Å². The molecule has 1 unspecified atom stereocenters. The molecule has 1 aliphatic heterocycles. The van der Waals surface area contributed by atoms with Gasteiger partial charge in [0.1, 0.15) is 5.75 Å². The summed E-state index contributed by atoms with van der Waals surface area (Å²) in [5, 5.41) is 6.79. The smallest absolute Gasteiger partial charge is 0.259 e.